The van der Waals surface area contributed by atoms with E-state index < -0.39 is 9.84 Å². The number of rotatable bonds is 3. The maximum Gasteiger partial charge on any atom is 0.235 e. The summed E-state index contributed by atoms with van der Waals surface area (Å²) in [6, 6.07) is 0. The Morgan fingerprint density at radius 1 is 1.36 bits per heavy atom. The zero-order valence-corrected chi connectivity index (χ0v) is 8.66. The lowest BCUT2D eigenvalue weighted by Crippen LogP contribution is -2.22. The minimum atomic E-state index is -2.77. The van der Waals surface area contributed by atoms with Crippen LogP contribution in [-0.4, -0.2) is 32.5 Å². The zero-order valence-electron chi connectivity index (χ0n) is 7.85. The molecule has 1 rings (SSSR count). The van der Waals surface area contributed by atoms with Crippen LogP contribution in [0.3, 0.4) is 0 Å². The van der Waals surface area contributed by atoms with E-state index in [1.54, 1.807) is 6.08 Å². The minimum absolute atomic E-state index is 0.277. The Bertz CT molecular complexity index is 338. The molecule has 1 aliphatic rings. The second-order valence-corrected chi connectivity index (χ2v) is 5.65. The predicted octanol–water partition coefficient (Wildman–Crippen LogP) is 0.703. The molecule has 5 heteroatoms. The summed E-state index contributed by atoms with van der Waals surface area (Å²) in [6.07, 6.45) is 6.54. The molecule has 1 heterocycles. The second kappa shape index (κ2) is 5.08. The van der Waals surface area contributed by atoms with E-state index in [2.05, 4.69) is 4.99 Å². The fraction of sp³-hybridized carbons (Fsp3) is 0.667. The van der Waals surface area contributed by atoms with Crippen molar-refractivity contribution in [1.82, 2.24) is 0 Å². The molecule has 4 nitrogen and oxygen atoms in total. The van der Waals surface area contributed by atoms with Crippen LogP contribution in [0.15, 0.2) is 17.1 Å². The van der Waals surface area contributed by atoms with Crippen molar-refractivity contribution in [1.29, 1.82) is 0 Å². The molecule has 0 aromatic rings. The van der Waals surface area contributed by atoms with Crippen molar-refractivity contribution in [2.75, 3.05) is 18.1 Å². The molecule has 0 spiro atoms. The van der Waals surface area contributed by atoms with Gasteiger partial charge in [-0.1, -0.05) is 12.2 Å². The highest BCUT2D eigenvalue weighted by Gasteiger charge is 2.21. The van der Waals surface area contributed by atoms with Gasteiger partial charge in [0.2, 0.25) is 6.08 Å². The summed E-state index contributed by atoms with van der Waals surface area (Å²) in [5, 5.41) is 0. The Morgan fingerprint density at radius 2 is 2.00 bits per heavy atom. The average Bonchev–Trinajstić information content (AvgIpc) is 2.15. The topological polar surface area (TPSA) is 63.6 Å². The van der Waals surface area contributed by atoms with Crippen molar-refractivity contribution in [3.8, 4) is 0 Å². The normalized spacial score (nSPS) is 22.0. The maximum atomic E-state index is 11.1. The summed E-state index contributed by atoms with van der Waals surface area (Å²) < 4.78 is 22.2. The van der Waals surface area contributed by atoms with E-state index in [0.717, 1.165) is 0 Å². The fourth-order valence-corrected chi connectivity index (χ4v) is 2.97. The number of allylic oxidation sites excluding steroid dienone is 1. The molecule has 1 fully saturated rings. The van der Waals surface area contributed by atoms with E-state index in [-0.39, 0.29) is 11.5 Å². The SMILES string of the molecule is O=C=NC/C=C\C1CCS(=O)(=O)CC1. The maximum absolute atomic E-state index is 11.1. The van der Waals surface area contributed by atoms with Crippen LogP contribution < -0.4 is 0 Å². The predicted molar refractivity (Wildman–Crippen MR) is 53.5 cm³/mol. The van der Waals surface area contributed by atoms with Gasteiger partial charge in [-0.15, -0.1) is 0 Å². The number of nitrogens with zero attached hydrogens (tertiary/aromatic N) is 1. The standard InChI is InChI=1S/C9H13NO3S/c11-8-10-5-1-2-9-3-6-14(12,13)7-4-9/h1-2,9H,3-7H2/b2-1-. The number of hydrogen-bond donors (Lipinski definition) is 0. The average molecular weight is 215 g/mol. The third-order valence-electron chi connectivity index (χ3n) is 2.27. The molecule has 0 bridgehead atoms. The smallest absolute Gasteiger partial charge is 0.229 e. The van der Waals surface area contributed by atoms with E-state index >= 15 is 0 Å². The molecule has 0 atom stereocenters. The van der Waals surface area contributed by atoms with Crippen LogP contribution in [-0.2, 0) is 14.6 Å². The van der Waals surface area contributed by atoms with Crippen molar-refractivity contribution in [2.24, 2.45) is 10.9 Å². The largest absolute Gasteiger partial charge is 0.235 e. The third kappa shape index (κ3) is 3.85. The Labute approximate surface area is 83.6 Å². The van der Waals surface area contributed by atoms with Gasteiger partial charge in [0.1, 0.15) is 9.84 Å². The first kappa shape index (κ1) is 11.1. The molecule has 0 aromatic heterocycles. The van der Waals surface area contributed by atoms with Gasteiger partial charge in [0, 0.05) is 0 Å². The summed E-state index contributed by atoms with van der Waals surface area (Å²) in [4.78, 5) is 13.1. The first-order chi connectivity index (χ1) is 6.64. The molecular weight excluding hydrogens is 202 g/mol. The van der Waals surface area contributed by atoms with E-state index in [0.29, 0.717) is 25.3 Å². The van der Waals surface area contributed by atoms with Crippen LogP contribution in [0.25, 0.3) is 0 Å². The van der Waals surface area contributed by atoms with Crippen LogP contribution in [0.5, 0.6) is 0 Å². The van der Waals surface area contributed by atoms with Crippen molar-refractivity contribution in [3.05, 3.63) is 12.2 Å². The molecule has 0 N–H and O–H groups in total. The molecule has 14 heavy (non-hydrogen) atoms. The summed E-state index contributed by atoms with van der Waals surface area (Å²) in [5.41, 5.74) is 0. The molecule has 1 saturated heterocycles. The number of hydrogen-bond acceptors (Lipinski definition) is 4. The lowest BCUT2D eigenvalue weighted by Gasteiger charge is -2.18. The molecule has 78 valence electrons. The highest BCUT2D eigenvalue weighted by Crippen LogP contribution is 2.19. The van der Waals surface area contributed by atoms with Crippen LogP contribution >= 0.6 is 0 Å². The number of sulfone groups is 1. The van der Waals surface area contributed by atoms with Crippen LogP contribution in [0.2, 0.25) is 0 Å². The second-order valence-electron chi connectivity index (χ2n) is 3.35. The molecule has 1 aliphatic heterocycles. The Balaban J connectivity index is 2.35. The van der Waals surface area contributed by atoms with E-state index in [1.807, 2.05) is 6.08 Å². The molecule has 0 aromatic carbocycles. The molecule has 0 saturated carbocycles. The summed E-state index contributed by atoms with van der Waals surface area (Å²) in [7, 11) is -2.77. The Kier molecular flexibility index (Phi) is 4.04. The molecule has 0 amide bonds. The van der Waals surface area contributed by atoms with Crippen molar-refractivity contribution >= 4 is 15.9 Å². The molecule has 0 aliphatic carbocycles. The monoisotopic (exact) mass is 215 g/mol. The molecule has 0 unspecified atom stereocenters. The lowest BCUT2D eigenvalue weighted by molar-refractivity contribution is 0.534. The van der Waals surface area contributed by atoms with Gasteiger partial charge in [0.25, 0.3) is 0 Å². The highest BCUT2D eigenvalue weighted by molar-refractivity contribution is 7.91. The summed E-state index contributed by atoms with van der Waals surface area (Å²) >= 11 is 0. The minimum Gasteiger partial charge on any atom is -0.229 e. The van der Waals surface area contributed by atoms with Gasteiger partial charge in [-0.3, -0.25) is 0 Å². The first-order valence-corrected chi connectivity index (χ1v) is 6.37. The van der Waals surface area contributed by atoms with Gasteiger partial charge in [-0.05, 0) is 18.8 Å². The lowest BCUT2D eigenvalue weighted by atomic mass is 10.0. The van der Waals surface area contributed by atoms with Crippen LogP contribution in [0.1, 0.15) is 12.8 Å². The first-order valence-electron chi connectivity index (χ1n) is 4.55. The zero-order chi connectivity index (χ0) is 10.4. The number of isocyanates is 1. The van der Waals surface area contributed by atoms with Gasteiger partial charge in [-0.2, -0.15) is 0 Å². The van der Waals surface area contributed by atoms with Gasteiger partial charge in [-0.25, -0.2) is 18.2 Å². The van der Waals surface area contributed by atoms with Crippen molar-refractivity contribution in [2.45, 2.75) is 12.8 Å². The van der Waals surface area contributed by atoms with E-state index in [1.165, 1.54) is 6.08 Å². The van der Waals surface area contributed by atoms with Crippen LogP contribution in [0, 0.1) is 5.92 Å². The van der Waals surface area contributed by atoms with Crippen molar-refractivity contribution in [3.63, 3.8) is 0 Å². The fourth-order valence-electron chi connectivity index (χ4n) is 1.44. The molecular formula is C9H13NO3S. The third-order valence-corrected chi connectivity index (χ3v) is 3.98. The Hall–Kier alpha value is -0.930. The van der Waals surface area contributed by atoms with Gasteiger partial charge in [0.15, 0.2) is 0 Å². The van der Waals surface area contributed by atoms with Crippen LogP contribution in [0.4, 0.5) is 0 Å². The van der Waals surface area contributed by atoms with Gasteiger partial charge < -0.3 is 0 Å². The summed E-state index contributed by atoms with van der Waals surface area (Å²) in [6.45, 7) is 0.340. The molecule has 0 radical (unpaired) electrons. The quantitative estimate of drug-likeness (QED) is 0.395. The number of carbonyl (C=O) groups excluding carboxylic acids is 1. The van der Waals surface area contributed by atoms with Gasteiger partial charge in [0.05, 0.1) is 18.1 Å². The van der Waals surface area contributed by atoms with Crippen molar-refractivity contribution < 1.29 is 13.2 Å². The van der Waals surface area contributed by atoms with Gasteiger partial charge >= 0.3 is 0 Å². The Morgan fingerprint density at radius 3 is 2.57 bits per heavy atom. The van der Waals surface area contributed by atoms with E-state index in [9.17, 15) is 13.2 Å². The van der Waals surface area contributed by atoms with E-state index in [4.69, 9.17) is 0 Å². The number of aliphatic imine (C=N–C) groups is 1. The highest BCUT2D eigenvalue weighted by atomic mass is 32.2. The summed E-state index contributed by atoms with van der Waals surface area (Å²) in [5.74, 6) is 0.873.